The Morgan fingerprint density at radius 2 is 2.26 bits per heavy atom. The van der Waals surface area contributed by atoms with Crippen molar-refractivity contribution in [2.75, 3.05) is 12.4 Å². The van der Waals surface area contributed by atoms with E-state index < -0.39 is 0 Å². The molecular weight excluding hydrogens is 261 g/mol. The number of hydrogen-bond donors (Lipinski definition) is 1. The molecule has 1 heterocycles. The minimum atomic E-state index is -0.154. The highest BCUT2D eigenvalue weighted by molar-refractivity contribution is 7.99. The van der Waals surface area contributed by atoms with Gasteiger partial charge in [-0.2, -0.15) is 0 Å². The van der Waals surface area contributed by atoms with Crippen LogP contribution in [0.2, 0.25) is 0 Å². The van der Waals surface area contributed by atoms with E-state index in [0.29, 0.717) is 11.0 Å². The molecule has 1 saturated heterocycles. The van der Waals surface area contributed by atoms with Gasteiger partial charge in [-0.3, -0.25) is 0 Å². The third-order valence-electron chi connectivity index (χ3n) is 3.41. The third kappa shape index (κ3) is 5.13. The SMILES string of the molecule is NC(CCCC1CCCO1)CSc1ccccc1F. The molecular formula is C15H22FNOS. The van der Waals surface area contributed by atoms with Gasteiger partial charge in [-0.1, -0.05) is 12.1 Å². The Kier molecular flexibility index (Phi) is 6.14. The summed E-state index contributed by atoms with van der Waals surface area (Å²) in [5, 5.41) is 0. The first-order valence-electron chi connectivity index (χ1n) is 7.00. The lowest BCUT2D eigenvalue weighted by molar-refractivity contribution is 0.102. The van der Waals surface area contributed by atoms with Gasteiger partial charge in [-0.05, 0) is 44.2 Å². The topological polar surface area (TPSA) is 35.2 Å². The van der Waals surface area contributed by atoms with E-state index in [9.17, 15) is 4.39 Å². The normalized spacial score (nSPS) is 20.6. The van der Waals surface area contributed by atoms with E-state index >= 15 is 0 Å². The summed E-state index contributed by atoms with van der Waals surface area (Å²) in [5.74, 6) is 0.617. The zero-order chi connectivity index (χ0) is 13.5. The van der Waals surface area contributed by atoms with Gasteiger partial charge < -0.3 is 10.5 Å². The number of ether oxygens (including phenoxy) is 1. The Morgan fingerprint density at radius 1 is 1.42 bits per heavy atom. The van der Waals surface area contributed by atoms with Crippen LogP contribution >= 0.6 is 11.8 Å². The van der Waals surface area contributed by atoms with Gasteiger partial charge in [-0.25, -0.2) is 4.39 Å². The van der Waals surface area contributed by atoms with Crippen molar-refractivity contribution in [1.29, 1.82) is 0 Å². The predicted molar refractivity (Wildman–Crippen MR) is 77.9 cm³/mol. The molecule has 4 heteroatoms. The molecule has 2 rings (SSSR count). The lowest BCUT2D eigenvalue weighted by atomic mass is 10.1. The van der Waals surface area contributed by atoms with Crippen molar-refractivity contribution in [1.82, 2.24) is 0 Å². The number of rotatable bonds is 7. The predicted octanol–water partition coefficient (Wildman–Crippen LogP) is 3.59. The van der Waals surface area contributed by atoms with E-state index in [2.05, 4.69) is 0 Å². The fourth-order valence-electron chi connectivity index (χ4n) is 2.32. The molecule has 0 amide bonds. The van der Waals surface area contributed by atoms with Crippen molar-refractivity contribution in [3.63, 3.8) is 0 Å². The van der Waals surface area contributed by atoms with Crippen LogP contribution in [0, 0.1) is 5.82 Å². The highest BCUT2D eigenvalue weighted by atomic mass is 32.2. The molecule has 1 fully saturated rings. The minimum Gasteiger partial charge on any atom is -0.378 e. The fraction of sp³-hybridized carbons (Fsp3) is 0.600. The van der Waals surface area contributed by atoms with Gasteiger partial charge in [0.15, 0.2) is 0 Å². The molecule has 1 aromatic rings. The van der Waals surface area contributed by atoms with Crippen molar-refractivity contribution >= 4 is 11.8 Å². The number of benzene rings is 1. The van der Waals surface area contributed by atoms with Gasteiger partial charge in [0.05, 0.1) is 6.10 Å². The molecule has 1 aliphatic rings. The van der Waals surface area contributed by atoms with Gasteiger partial charge in [0.25, 0.3) is 0 Å². The maximum Gasteiger partial charge on any atom is 0.136 e. The summed E-state index contributed by atoms with van der Waals surface area (Å²) in [6.07, 6.45) is 6.04. The molecule has 1 aromatic carbocycles. The third-order valence-corrected chi connectivity index (χ3v) is 4.65. The van der Waals surface area contributed by atoms with Gasteiger partial charge in [0.2, 0.25) is 0 Å². The molecule has 0 spiro atoms. The largest absolute Gasteiger partial charge is 0.378 e. The summed E-state index contributed by atoms with van der Waals surface area (Å²) in [4.78, 5) is 0.692. The van der Waals surface area contributed by atoms with Crippen molar-refractivity contribution in [2.45, 2.75) is 49.1 Å². The van der Waals surface area contributed by atoms with Crippen molar-refractivity contribution in [2.24, 2.45) is 5.73 Å². The molecule has 2 N–H and O–H groups in total. The van der Waals surface area contributed by atoms with E-state index in [1.54, 1.807) is 12.1 Å². The van der Waals surface area contributed by atoms with E-state index in [1.165, 1.54) is 30.7 Å². The summed E-state index contributed by atoms with van der Waals surface area (Å²) in [7, 11) is 0. The first-order chi connectivity index (χ1) is 9.25. The lowest BCUT2D eigenvalue weighted by Gasteiger charge is -2.13. The van der Waals surface area contributed by atoms with Gasteiger partial charge in [0.1, 0.15) is 5.82 Å². The first kappa shape index (κ1) is 14.8. The molecule has 0 saturated carbocycles. The summed E-state index contributed by atoms with van der Waals surface area (Å²) in [5.41, 5.74) is 6.07. The Morgan fingerprint density at radius 3 is 3.00 bits per heavy atom. The minimum absolute atomic E-state index is 0.131. The molecule has 0 radical (unpaired) electrons. The Labute approximate surface area is 118 Å². The Hall–Kier alpha value is -0.580. The highest BCUT2D eigenvalue weighted by Gasteiger charge is 2.15. The van der Waals surface area contributed by atoms with Crippen LogP contribution in [-0.2, 0) is 4.74 Å². The molecule has 1 aliphatic heterocycles. The van der Waals surface area contributed by atoms with Gasteiger partial charge in [-0.15, -0.1) is 11.8 Å². The summed E-state index contributed by atoms with van der Waals surface area (Å²) < 4.78 is 19.0. The monoisotopic (exact) mass is 283 g/mol. The Balaban J connectivity index is 1.61. The van der Waals surface area contributed by atoms with E-state index in [0.717, 1.165) is 31.6 Å². The van der Waals surface area contributed by atoms with E-state index in [-0.39, 0.29) is 11.9 Å². The molecule has 0 bridgehead atoms. The van der Waals surface area contributed by atoms with Crippen LogP contribution in [0.4, 0.5) is 4.39 Å². The molecule has 2 unspecified atom stereocenters. The quantitative estimate of drug-likeness (QED) is 0.777. The first-order valence-corrected chi connectivity index (χ1v) is 7.99. The molecule has 19 heavy (non-hydrogen) atoms. The average Bonchev–Trinajstić information content (AvgIpc) is 2.91. The standard InChI is InChI=1S/C15H22FNOS/c16-14-8-1-2-9-15(14)19-11-12(17)5-3-6-13-7-4-10-18-13/h1-2,8-9,12-13H,3-7,10-11,17H2. The smallest absolute Gasteiger partial charge is 0.136 e. The molecule has 0 aliphatic carbocycles. The van der Waals surface area contributed by atoms with Gasteiger partial charge in [0, 0.05) is 23.3 Å². The van der Waals surface area contributed by atoms with Crippen LogP contribution in [-0.4, -0.2) is 24.5 Å². The van der Waals surface area contributed by atoms with E-state index in [4.69, 9.17) is 10.5 Å². The van der Waals surface area contributed by atoms with Crippen molar-refractivity contribution in [3.8, 4) is 0 Å². The summed E-state index contributed by atoms with van der Waals surface area (Å²) >= 11 is 1.51. The number of thioether (sulfide) groups is 1. The van der Waals surface area contributed by atoms with Crippen LogP contribution in [0.3, 0.4) is 0 Å². The molecule has 2 nitrogen and oxygen atoms in total. The number of nitrogens with two attached hydrogens (primary N) is 1. The van der Waals surface area contributed by atoms with Crippen molar-refractivity contribution < 1.29 is 9.13 Å². The lowest BCUT2D eigenvalue weighted by Crippen LogP contribution is -2.23. The molecule has 0 aromatic heterocycles. The number of halogens is 1. The fourth-order valence-corrected chi connectivity index (χ4v) is 3.26. The maximum atomic E-state index is 13.4. The second-order valence-corrected chi connectivity index (χ2v) is 6.13. The van der Waals surface area contributed by atoms with Crippen LogP contribution in [0.1, 0.15) is 32.1 Å². The summed E-state index contributed by atoms with van der Waals surface area (Å²) in [6.45, 7) is 0.917. The van der Waals surface area contributed by atoms with E-state index in [1.807, 2.05) is 6.07 Å². The average molecular weight is 283 g/mol. The maximum absolute atomic E-state index is 13.4. The van der Waals surface area contributed by atoms with Crippen LogP contribution in [0.25, 0.3) is 0 Å². The number of hydrogen-bond acceptors (Lipinski definition) is 3. The van der Waals surface area contributed by atoms with Crippen LogP contribution < -0.4 is 5.73 Å². The highest BCUT2D eigenvalue weighted by Crippen LogP contribution is 2.23. The zero-order valence-electron chi connectivity index (χ0n) is 11.2. The molecule has 106 valence electrons. The Bertz CT molecular complexity index is 382. The van der Waals surface area contributed by atoms with Gasteiger partial charge >= 0.3 is 0 Å². The van der Waals surface area contributed by atoms with Crippen molar-refractivity contribution in [3.05, 3.63) is 30.1 Å². The van der Waals surface area contributed by atoms with Crippen LogP contribution in [0.15, 0.2) is 29.2 Å². The zero-order valence-corrected chi connectivity index (χ0v) is 12.0. The molecule has 2 atom stereocenters. The summed E-state index contributed by atoms with van der Waals surface area (Å²) in [6, 6.07) is 6.99. The van der Waals surface area contributed by atoms with Crippen LogP contribution in [0.5, 0.6) is 0 Å². The second kappa shape index (κ2) is 7.88. The second-order valence-electron chi connectivity index (χ2n) is 5.07.